The van der Waals surface area contributed by atoms with Gasteiger partial charge in [0.15, 0.2) is 0 Å². The van der Waals surface area contributed by atoms with Gasteiger partial charge in [-0.3, -0.25) is 9.59 Å². The van der Waals surface area contributed by atoms with E-state index in [1.807, 2.05) is 30.3 Å². The van der Waals surface area contributed by atoms with Crippen LogP contribution in [0.1, 0.15) is 22.3 Å². The number of amides is 1. The largest absolute Gasteiger partial charge is 0.417 e. The number of carbonyl (C=O) groups excluding carboxylic acids is 1. The molecule has 0 saturated heterocycles. The Balaban J connectivity index is 1.62. The molecule has 0 fully saturated rings. The van der Waals surface area contributed by atoms with Crippen molar-refractivity contribution in [2.24, 2.45) is 0 Å². The maximum absolute atomic E-state index is 13.0. The summed E-state index contributed by atoms with van der Waals surface area (Å²) in [6, 6.07) is 17.0. The van der Waals surface area contributed by atoms with E-state index in [9.17, 15) is 22.8 Å². The van der Waals surface area contributed by atoms with E-state index in [4.69, 9.17) is 0 Å². The van der Waals surface area contributed by atoms with Gasteiger partial charge in [-0.05, 0) is 24.6 Å². The zero-order valence-electron chi connectivity index (χ0n) is 15.3. The van der Waals surface area contributed by atoms with Crippen molar-refractivity contribution in [3.63, 3.8) is 0 Å². The molecule has 0 aliphatic rings. The van der Waals surface area contributed by atoms with Crippen LogP contribution in [-0.4, -0.2) is 22.2 Å². The number of halogens is 3. The summed E-state index contributed by atoms with van der Waals surface area (Å²) < 4.78 is 40.3. The van der Waals surface area contributed by atoms with Crippen molar-refractivity contribution in [2.75, 3.05) is 6.54 Å². The molecule has 0 aliphatic heterocycles. The Morgan fingerprint density at radius 3 is 2.38 bits per heavy atom. The normalized spacial score (nSPS) is 11.3. The number of aromatic nitrogens is 2. The van der Waals surface area contributed by atoms with Gasteiger partial charge in [-0.15, -0.1) is 0 Å². The Morgan fingerprint density at radius 2 is 1.66 bits per heavy atom. The minimum atomic E-state index is -4.61. The zero-order chi connectivity index (χ0) is 20.9. The van der Waals surface area contributed by atoms with E-state index in [1.54, 1.807) is 6.07 Å². The molecule has 0 unspecified atom stereocenters. The molecule has 1 aromatic heterocycles. The molecule has 3 aromatic rings. The van der Waals surface area contributed by atoms with E-state index in [1.165, 1.54) is 22.9 Å². The SMILES string of the molecule is O=C(NCCCn1nc(-c2ccccc2)ccc1=O)c1ccccc1C(F)(F)F. The van der Waals surface area contributed by atoms with Gasteiger partial charge in [0.1, 0.15) is 0 Å². The highest BCUT2D eigenvalue weighted by Gasteiger charge is 2.34. The van der Waals surface area contributed by atoms with Gasteiger partial charge in [-0.25, -0.2) is 4.68 Å². The van der Waals surface area contributed by atoms with Crippen LogP contribution in [0.2, 0.25) is 0 Å². The number of hydrogen-bond donors (Lipinski definition) is 1. The van der Waals surface area contributed by atoms with Gasteiger partial charge in [-0.2, -0.15) is 18.3 Å². The van der Waals surface area contributed by atoms with Gasteiger partial charge in [0.25, 0.3) is 11.5 Å². The molecule has 0 bridgehead atoms. The minimum absolute atomic E-state index is 0.106. The van der Waals surface area contributed by atoms with Crippen LogP contribution in [0.3, 0.4) is 0 Å². The molecule has 0 spiro atoms. The standard InChI is InChI=1S/C21H18F3N3O2/c22-21(23,24)17-10-5-4-9-16(17)20(29)25-13-6-14-27-19(28)12-11-18(26-27)15-7-2-1-3-8-15/h1-5,7-12H,6,13-14H2,(H,25,29). The summed E-state index contributed by atoms with van der Waals surface area (Å²) in [6.45, 7) is 0.329. The lowest BCUT2D eigenvalue weighted by Crippen LogP contribution is -2.29. The summed E-state index contributed by atoms with van der Waals surface area (Å²) in [5.41, 5.74) is -0.211. The van der Waals surface area contributed by atoms with Crippen LogP contribution >= 0.6 is 0 Å². The predicted molar refractivity (Wildman–Crippen MR) is 102 cm³/mol. The highest BCUT2D eigenvalue weighted by Crippen LogP contribution is 2.31. The topological polar surface area (TPSA) is 64.0 Å². The van der Waals surface area contributed by atoms with Crippen molar-refractivity contribution in [3.8, 4) is 11.3 Å². The number of carbonyl (C=O) groups is 1. The molecule has 0 saturated carbocycles. The summed E-state index contributed by atoms with van der Waals surface area (Å²) in [5.74, 6) is -0.809. The summed E-state index contributed by atoms with van der Waals surface area (Å²) >= 11 is 0. The van der Waals surface area contributed by atoms with Crippen LogP contribution in [0, 0.1) is 0 Å². The molecule has 5 nitrogen and oxygen atoms in total. The van der Waals surface area contributed by atoms with E-state index in [2.05, 4.69) is 10.4 Å². The molecule has 29 heavy (non-hydrogen) atoms. The Hall–Kier alpha value is -3.42. The number of nitrogens with one attached hydrogen (secondary N) is 1. The summed E-state index contributed by atoms with van der Waals surface area (Å²) in [5, 5.41) is 6.77. The highest BCUT2D eigenvalue weighted by atomic mass is 19.4. The van der Waals surface area contributed by atoms with E-state index < -0.39 is 23.2 Å². The van der Waals surface area contributed by atoms with E-state index in [-0.39, 0.29) is 18.6 Å². The monoisotopic (exact) mass is 401 g/mol. The first kappa shape index (κ1) is 20.3. The van der Waals surface area contributed by atoms with Gasteiger partial charge in [0, 0.05) is 24.7 Å². The summed E-state index contributed by atoms with van der Waals surface area (Å²) in [7, 11) is 0. The van der Waals surface area contributed by atoms with Gasteiger partial charge < -0.3 is 5.32 Å². The van der Waals surface area contributed by atoms with Crippen molar-refractivity contribution in [1.82, 2.24) is 15.1 Å². The molecular weight excluding hydrogens is 383 g/mol. The number of alkyl halides is 3. The first-order valence-corrected chi connectivity index (χ1v) is 8.94. The number of hydrogen-bond acceptors (Lipinski definition) is 3. The number of benzene rings is 2. The third-order valence-electron chi connectivity index (χ3n) is 4.25. The smallest absolute Gasteiger partial charge is 0.352 e. The van der Waals surface area contributed by atoms with Crippen molar-refractivity contribution >= 4 is 5.91 Å². The molecule has 1 heterocycles. The van der Waals surface area contributed by atoms with Crippen molar-refractivity contribution in [1.29, 1.82) is 0 Å². The zero-order valence-corrected chi connectivity index (χ0v) is 15.3. The Kier molecular flexibility index (Phi) is 6.11. The molecule has 0 radical (unpaired) electrons. The van der Waals surface area contributed by atoms with Crippen molar-refractivity contribution < 1.29 is 18.0 Å². The average molecular weight is 401 g/mol. The van der Waals surface area contributed by atoms with Crippen LogP contribution in [-0.2, 0) is 12.7 Å². The Labute approximate surface area is 164 Å². The van der Waals surface area contributed by atoms with Crippen molar-refractivity contribution in [3.05, 3.63) is 88.2 Å². The van der Waals surface area contributed by atoms with Crippen molar-refractivity contribution in [2.45, 2.75) is 19.1 Å². The van der Waals surface area contributed by atoms with Crippen LogP contribution in [0.4, 0.5) is 13.2 Å². The van der Waals surface area contributed by atoms with Gasteiger partial charge in [0.2, 0.25) is 0 Å². The Bertz CT molecular complexity index is 1050. The summed E-state index contributed by atoms with van der Waals surface area (Å²) in [4.78, 5) is 24.1. The average Bonchev–Trinajstić information content (AvgIpc) is 2.72. The van der Waals surface area contributed by atoms with Crippen LogP contribution in [0.15, 0.2) is 71.5 Å². The lowest BCUT2D eigenvalue weighted by molar-refractivity contribution is -0.137. The predicted octanol–water partition coefficient (Wildman–Crippen LogP) is 3.75. The van der Waals surface area contributed by atoms with E-state index in [0.717, 1.165) is 17.7 Å². The molecule has 8 heteroatoms. The second-order valence-electron chi connectivity index (χ2n) is 6.30. The first-order chi connectivity index (χ1) is 13.9. The lowest BCUT2D eigenvalue weighted by atomic mass is 10.1. The molecule has 1 amide bonds. The second-order valence-corrected chi connectivity index (χ2v) is 6.30. The fraction of sp³-hybridized carbons (Fsp3) is 0.190. The number of aryl methyl sites for hydroxylation is 1. The molecule has 0 aliphatic carbocycles. The number of nitrogens with zero attached hydrogens (tertiary/aromatic N) is 2. The number of rotatable bonds is 6. The maximum Gasteiger partial charge on any atom is 0.417 e. The van der Waals surface area contributed by atoms with Crippen LogP contribution in [0.5, 0.6) is 0 Å². The van der Waals surface area contributed by atoms with Crippen LogP contribution in [0.25, 0.3) is 11.3 Å². The molecule has 2 aromatic carbocycles. The quantitative estimate of drug-likeness (QED) is 0.640. The molecule has 150 valence electrons. The molecule has 1 N–H and O–H groups in total. The van der Waals surface area contributed by atoms with Gasteiger partial charge in [-0.1, -0.05) is 42.5 Å². The summed E-state index contributed by atoms with van der Waals surface area (Å²) in [6.07, 6.45) is -4.27. The lowest BCUT2D eigenvalue weighted by Gasteiger charge is -2.13. The third kappa shape index (κ3) is 5.10. The minimum Gasteiger partial charge on any atom is -0.352 e. The van der Waals surface area contributed by atoms with E-state index in [0.29, 0.717) is 12.1 Å². The fourth-order valence-electron chi connectivity index (χ4n) is 2.83. The van der Waals surface area contributed by atoms with Crippen LogP contribution < -0.4 is 10.9 Å². The molecule has 0 atom stereocenters. The third-order valence-corrected chi connectivity index (χ3v) is 4.25. The molecule has 3 rings (SSSR count). The second kappa shape index (κ2) is 8.72. The highest BCUT2D eigenvalue weighted by molar-refractivity contribution is 5.95. The first-order valence-electron chi connectivity index (χ1n) is 8.94. The molecular formula is C21H18F3N3O2. The Morgan fingerprint density at radius 1 is 0.966 bits per heavy atom. The van der Waals surface area contributed by atoms with Gasteiger partial charge in [0.05, 0.1) is 16.8 Å². The van der Waals surface area contributed by atoms with Gasteiger partial charge >= 0.3 is 6.18 Å². The fourth-order valence-corrected chi connectivity index (χ4v) is 2.83. The van der Waals surface area contributed by atoms with E-state index >= 15 is 0 Å². The maximum atomic E-state index is 13.0.